The number of nitro groups is 1. The Kier molecular flexibility index (Phi) is 3.01. The molecule has 0 amide bonds. The van der Waals surface area contributed by atoms with Crippen LogP contribution >= 0.6 is 0 Å². The highest BCUT2D eigenvalue weighted by Crippen LogP contribution is 2.33. The summed E-state index contributed by atoms with van der Waals surface area (Å²) < 4.78 is 13.1. The fourth-order valence-corrected chi connectivity index (χ4v) is 1.21. The molecule has 0 heterocycles. The highest BCUT2D eigenvalue weighted by molar-refractivity contribution is 5.60. The van der Waals surface area contributed by atoms with Crippen LogP contribution in [-0.4, -0.2) is 10.0 Å². The summed E-state index contributed by atoms with van der Waals surface area (Å²) in [5.41, 5.74) is 4.29. The molecule has 0 spiro atoms. The summed E-state index contributed by atoms with van der Waals surface area (Å²) in [7, 11) is 0. The van der Waals surface area contributed by atoms with Gasteiger partial charge in [-0.05, 0) is 12.1 Å². The van der Waals surface area contributed by atoms with E-state index in [9.17, 15) is 19.6 Å². The van der Waals surface area contributed by atoms with Crippen molar-refractivity contribution in [3.63, 3.8) is 0 Å². The van der Waals surface area contributed by atoms with Gasteiger partial charge in [-0.25, -0.2) is 0 Å². The van der Waals surface area contributed by atoms with Crippen molar-refractivity contribution < 1.29 is 14.4 Å². The molecule has 0 fully saturated rings. The Bertz CT molecular complexity index is 420. The number of nitrogens with zero attached hydrogens (tertiary/aromatic N) is 1. The van der Waals surface area contributed by atoms with Gasteiger partial charge in [0.1, 0.15) is 6.10 Å². The molecule has 15 heavy (non-hydrogen) atoms. The largest absolute Gasteiger partial charge is 0.398 e. The fraction of sp³-hybridized carbons (Fsp3) is 0.111. The summed E-state index contributed by atoms with van der Waals surface area (Å²) in [4.78, 5) is 9.66. The third-order valence-corrected chi connectivity index (χ3v) is 1.90. The lowest BCUT2D eigenvalue weighted by Gasteiger charge is -2.09. The Labute approximate surface area is 84.8 Å². The minimum atomic E-state index is -1.36. The van der Waals surface area contributed by atoms with E-state index in [0.717, 1.165) is 18.2 Å². The summed E-state index contributed by atoms with van der Waals surface area (Å²) in [5, 5.41) is 20.0. The quantitative estimate of drug-likeness (QED) is 0.344. The molecule has 1 atom stereocenters. The van der Waals surface area contributed by atoms with Gasteiger partial charge < -0.3 is 10.8 Å². The van der Waals surface area contributed by atoms with Crippen molar-refractivity contribution in [1.29, 1.82) is 0 Å². The smallest absolute Gasteiger partial charge is 0.312 e. The molecule has 0 aliphatic carbocycles. The van der Waals surface area contributed by atoms with Gasteiger partial charge in [0.25, 0.3) is 0 Å². The van der Waals surface area contributed by atoms with E-state index in [0.29, 0.717) is 0 Å². The number of aliphatic hydroxyl groups excluding tert-OH is 1. The minimum absolute atomic E-state index is 0.0458. The standard InChI is InChI=1S/C9H9FN2O3/c1-2-7(13)8-6(11)4-3-5(10)9(8)12(14)15/h2-4,7,13H,1,11H2. The normalized spacial score (nSPS) is 12.1. The van der Waals surface area contributed by atoms with Crippen LogP contribution in [0.1, 0.15) is 11.7 Å². The van der Waals surface area contributed by atoms with Gasteiger partial charge in [0, 0.05) is 5.69 Å². The first-order valence-corrected chi connectivity index (χ1v) is 4.02. The SMILES string of the molecule is C=CC(O)c1c(N)ccc(F)c1[N+](=O)[O-]. The molecule has 80 valence electrons. The second kappa shape index (κ2) is 4.05. The molecule has 6 heteroatoms. The van der Waals surface area contributed by atoms with Crippen LogP contribution in [0.15, 0.2) is 24.8 Å². The van der Waals surface area contributed by atoms with E-state index in [4.69, 9.17) is 5.73 Å². The van der Waals surface area contributed by atoms with Crippen molar-refractivity contribution in [1.82, 2.24) is 0 Å². The van der Waals surface area contributed by atoms with E-state index in [1.807, 2.05) is 0 Å². The molecule has 0 aliphatic heterocycles. The molecule has 1 unspecified atom stereocenters. The Hall–Kier alpha value is -1.95. The molecule has 1 rings (SSSR count). The van der Waals surface area contributed by atoms with E-state index in [1.54, 1.807) is 0 Å². The van der Waals surface area contributed by atoms with Gasteiger partial charge in [-0.1, -0.05) is 6.08 Å². The Morgan fingerprint density at radius 3 is 2.73 bits per heavy atom. The van der Waals surface area contributed by atoms with E-state index in [-0.39, 0.29) is 11.3 Å². The summed E-state index contributed by atoms with van der Waals surface area (Å²) in [6, 6.07) is 2.04. The molecular weight excluding hydrogens is 203 g/mol. The van der Waals surface area contributed by atoms with Crippen molar-refractivity contribution in [3.05, 3.63) is 46.3 Å². The first kappa shape index (κ1) is 11.1. The predicted molar refractivity (Wildman–Crippen MR) is 52.6 cm³/mol. The van der Waals surface area contributed by atoms with Crippen molar-refractivity contribution in [2.75, 3.05) is 5.73 Å². The molecule has 0 radical (unpaired) electrons. The topological polar surface area (TPSA) is 89.4 Å². The zero-order valence-electron chi connectivity index (χ0n) is 7.68. The average Bonchev–Trinajstić information content (AvgIpc) is 2.19. The van der Waals surface area contributed by atoms with Crippen molar-refractivity contribution in [2.24, 2.45) is 0 Å². The maximum Gasteiger partial charge on any atom is 0.312 e. The number of hydrogen-bond donors (Lipinski definition) is 2. The second-order valence-electron chi connectivity index (χ2n) is 2.84. The number of nitrogens with two attached hydrogens (primary N) is 1. The number of nitrogen functional groups attached to an aromatic ring is 1. The van der Waals surface area contributed by atoms with Gasteiger partial charge in [0.2, 0.25) is 5.82 Å². The zero-order chi connectivity index (χ0) is 11.6. The number of rotatable bonds is 3. The fourth-order valence-electron chi connectivity index (χ4n) is 1.21. The van der Waals surface area contributed by atoms with Crippen LogP contribution in [0.2, 0.25) is 0 Å². The second-order valence-corrected chi connectivity index (χ2v) is 2.84. The average molecular weight is 212 g/mol. The number of nitro benzene ring substituents is 1. The molecule has 0 bridgehead atoms. The monoisotopic (exact) mass is 212 g/mol. The third-order valence-electron chi connectivity index (χ3n) is 1.90. The van der Waals surface area contributed by atoms with Crippen molar-refractivity contribution in [2.45, 2.75) is 6.10 Å². The summed E-state index contributed by atoms with van der Waals surface area (Å²) in [6.45, 7) is 3.26. The van der Waals surface area contributed by atoms with Crippen LogP contribution in [0.5, 0.6) is 0 Å². The molecule has 0 saturated heterocycles. The highest BCUT2D eigenvalue weighted by Gasteiger charge is 2.26. The van der Waals surface area contributed by atoms with E-state index in [2.05, 4.69) is 6.58 Å². The summed E-state index contributed by atoms with van der Waals surface area (Å²) in [6.07, 6.45) is -0.320. The number of aliphatic hydroxyl groups is 1. The Morgan fingerprint density at radius 2 is 2.27 bits per heavy atom. The molecule has 0 aliphatic rings. The van der Waals surface area contributed by atoms with Gasteiger partial charge in [-0.15, -0.1) is 6.58 Å². The van der Waals surface area contributed by atoms with Crippen LogP contribution < -0.4 is 5.73 Å². The third kappa shape index (κ3) is 1.94. The lowest BCUT2D eigenvalue weighted by molar-refractivity contribution is -0.388. The predicted octanol–water partition coefficient (Wildman–Crippen LogP) is 1.54. The number of hydrogen-bond acceptors (Lipinski definition) is 4. The lowest BCUT2D eigenvalue weighted by Crippen LogP contribution is -2.06. The highest BCUT2D eigenvalue weighted by atomic mass is 19.1. The number of benzene rings is 1. The summed E-state index contributed by atoms with van der Waals surface area (Å²) in [5.74, 6) is -1.04. The molecule has 1 aromatic carbocycles. The van der Waals surface area contributed by atoms with E-state index >= 15 is 0 Å². The minimum Gasteiger partial charge on any atom is -0.398 e. The molecule has 5 nitrogen and oxygen atoms in total. The van der Waals surface area contributed by atoms with Gasteiger partial charge in [-0.2, -0.15) is 4.39 Å². The summed E-state index contributed by atoms with van der Waals surface area (Å²) >= 11 is 0. The van der Waals surface area contributed by atoms with E-state index < -0.39 is 22.5 Å². The van der Waals surface area contributed by atoms with Crippen LogP contribution in [-0.2, 0) is 0 Å². The van der Waals surface area contributed by atoms with Crippen LogP contribution in [0.25, 0.3) is 0 Å². The number of halogens is 1. The molecule has 1 aromatic rings. The van der Waals surface area contributed by atoms with Crippen LogP contribution in [0, 0.1) is 15.9 Å². The van der Waals surface area contributed by atoms with Gasteiger partial charge in [0.15, 0.2) is 0 Å². The first-order chi connectivity index (χ1) is 6.99. The maximum atomic E-state index is 13.1. The Morgan fingerprint density at radius 1 is 1.67 bits per heavy atom. The van der Waals surface area contributed by atoms with Crippen LogP contribution in [0.3, 0.4) is 0 Å². The molecular formula is C9H9FN2O3. The van der Waals surface area contributed by atoms with Crippen LogP contribution in [0.4, 0.5) is 15.8 Å². The maximum absolute atomic E-state index is 13.1. The van der Waals surface area contributed by atoms with Gasteiger partial charge in [-0.3, -0.25) is 10.1 Å². The van der Waals surface area contributed by atoms with E-state index in [1.165, 1.54) is 0 Å². The molecule has 3 N–H and O–H groups in total. The first-order valence-electron chi connectivity index (χ1n) is 4.02. The van der Waals surface area contributed by atoms with Gasteiger partial charge in [0.05, 0.1) is 10.5 Å². The van der Waals surface area contributed by atoms with Crippen molar-refractivity contribution >= 4 is 11.4 Å². The molecule has 0 aromatic heterocycles. The Balaban J connectivity index is 3.51. The molecule has 0 saturated carbocycles. The lowest BCUT2D eigenvalue weighted by atomic mass is 10.0. The van der Waals surface area contributed by atoms with Gasteiger partial charge >= 0.3 is 5.69 Å². The zero-order valence-corrected chi connectivity index (χ0v) is 7.68. The van der Waals surface area contributed by atoms with Crippen molar-refractivity contribution in [3.8, 4) is 0 Å². The number of anilines is 1.